The lowest BCUT2D eigenvalue weighted by Gasteiger charge is -2.36. The summed E-state index contributed by atoms with van der Waals surface area (Å²) >= 11 is 0. The van der Waals surface area contributed by atoms with Crippen molar-refractivity contribution in [2.24, 2.45) is 11.7 Å². The van der Waals surface area contributed by atoms with Gasteiger partial charge in [-0.1, -0.05) is 49.6 Å². The van der Waals surface area contributed by atoms with Crippen LogP contribution in [0.3, 0.4) is 0 Å². The molecule has 1 aromatic carbocycles. The van der Waals surface area contributed by atoms with Crippen molar-refractivity contribution >= 4 is 0 Å². The SMILES string of the molecule is NC1CCCCN1CCC(c1ccccc1)C1CCCCC1. The summed E-state index contributed by atoms with van der Waals surface area (Å²) in [5.41, 5.74) is 7.86. The highest BCUT2D eigenvalue weighted by Gasteiger charge is 2.26. The van der Waals surface area contributed by atoms with Crippen LogP contribution in [-0.2, 0) is 0 Å². The third-order valence-electron chi connectivity index (χ3n) is 5.84. The molecule has 1 aliphatic carbocycles. The predicted molar refractivity (Wildman–Crippen MR) is 93.8 cm³/mol. The third kappa shape index (κ3) is 4.11. The van der Waals surface area contributed by atoms with E-state index in [1.54, 1.807) is 5.56 Å². The van der Waals surface area contributed by atoms with Gasteiger partial charge in [0, 0.05) is 6.54 Å². The lowest BCUT2D eigenvalue weighted by atomic mass is 9.75. The molecule has 122 valence electrons. The molecule has 1 saturated heterocycles. The minimum absolute atomic E-state index is 0.302. The quantitative estimate of drug-likeness (QED) is 0.867. The summed E-state index contributed by atoms with van der Waals surface area (Å²) in [5.74, 6) is 1.62. The number of rotatable bonds is 5. The van der Waals surface area contributed by atoms with E-state index >= 15 is 0 Å². The van der Waals surface area contributed by atoms with Gasteiger partial charge < -0.3 is 5.73 Å². The second kappa shape index (κ2) is 8.12. The first-order valence-electron chi connectivity index (χ1n) is 9.39. The van der Waals surface area contributed by atoms with Crippen molar-refractivity contribution in [1.29, 1.82) is 0 Å². The molecule has 0 aromatic heterocycles. The standard InChI is InChI=1S/C20H32N2/c21-20-13-7-8-15-22(20)16-14-19(17-9-3-1-4-10-17)18-11-5-2-6-12-18/h1,3-4,9-10,18-20H,2,5-8,11-16,21H2. The topological polar surface area (TPSA) is 29.3 Å². The smallest absolute Gasteiger partial charge is 0.0571 e. The number of nitrogens with two attached hydrogens (primary N) is 1. The van der Waals surface area contributed by atoms with Crippen LogP contribution in [0.15, 0.2) is 30.3 Å². The fourth-order valence-electron chi connectivity index (χ4n) is 4.51. The van der Waals surface area contributed by atoms with E-state index in [-0.39, 0.29) is 0 Å². The summed E-state index contributed by atoms with van der Waals surface area (Å²) in [6, 6.07) is 11.2. The average Bonchev–Trinajstić information content (AvgIpc) is 2.59. The molecule has 2 nitrogen and oxygen atoms in total. The summed E-state index contributed by atoms with van der Waals surface area (Å²) in [4.78, 5) is 2.53. The molecule has 2 unspecified atom stereocenters. The molecule has 2 atom stereocenters. The largest absolute Gasteiger partial charge is 0.316 e. The number of likely N-dealkylation sites (tertiary alicyclic amines) is 1. The minimum Gasteiger partial charge on any atom is -0.316 e. The number of piperidine rings is 1. The van der Waals surface area contributed by atoms with Gasteiger partial charge >= 0.3 is 0 Å². The number of nitrogens with zero attached hydrogens (tertiary/aromatic N) is 1. The Kier molecular flexibility index (Phi) is 5.91. The van der Waals surface area contributed by atoms with Crippen LogP contribution in [0.4, 0.5) is 0 Å². The van der Waals surface area contributed by atoms with Gasteiger partial charge in [0.15, 0.2) is 0 Å². The highest BCUT2D eigenvalue weighted by molar-refractivity contribution is 5.20. The van der Waals surface area contributed by atoms with Gasteiger partial charge in [0.2, 0.25) is 0 Å². The van der Waals surface area contributed by atoms with E-state index in [1.807, 2.05) is 0 Å². The molecular formula is C20H32N2. The van der Waals surface area contributed by atoms with Gasteiger partial charge in [-0.05, 0) is 62.5 Å². The van der Waals surface area contributed by atoms with Crippen LogP contribution < -0.4 is 5.73 Å². The van der Waals surface area contributed by atoms with Crippen LogP contribution in [0, 0.1) is 5.92 Å². The summed E-state index contributed by atoms with van der Waals surface area (Å²) in [6.45, 7) is 2.38. The van der Waals surface area contributed by atoms with E-state index in [1.165, 1.54) is 70.9 Å². The minimum atomic E-state index is 0.302. The zero-order chi connectivity index (χ0) is 15.2. The van der Waals surface area contributed by atoms with E-state index in [4.69, 9.17) is 5.73 Å². The molecule has 2 heteroatoms. The first-order chi connectivity index (χ1) is 10.8. The lowest BCUT2D eigenvalue weighted by molar-refractivity contribution is 0.140. The number of hydrogen-bond donors (Lipinski definition) is 1. The first kappa shape index (κ1) is 16.0. The maximum atomic E-state index is 6.31. The maximum Gasteiger partial charge on any atom is 0.0571 e. The van der Waals surface area contributed by atoms with E-state index in [0.717, 1.165) is 11.8 Å². The Bertz CT molecular complexity index is 425. The van der Waals surface area contributed by atoms with Crippen molar-refractivity contribution in [3.8, 4) is 0 Å². The highest BCUT2D eigenvalue weighted by atomic mass is 15.2. The Morgan fingerprint density at radius 2 is 1.68 bits per heavy atom. The van der Waals surface area contributed by atoms with E-state index in [0.29, 0.717) is 6.17 Å². The Morgan fingerprint density at radius 3 is 2.41 bits per heavy atom. The lowest BCUT2D eigenvalue weighted by Crippen LogP contribution is -2.46. The van der Waals surface area contributed by atoms with Crippen LogP contribution in [0.2, 0.25) is 0 Å². The molecular weight excluding hydrogens is 268 g/mol. The van der Waals surface area contributed by atoms with E-state index in [9.17, 15) is 0 Å². The van der Waals surface area contributed by atoms with Crippen molar-refractivity contribution < 1.29 is 0 Å². The molecule has 1 aliphatic heterocycles. The fraction of sp³-hybridized carbons (Fsp3) is 0.700. The highest BCUT2D eigenvalue weighted by Crippen LogP contribution is 2.38. The van der Waals surface area contributed by atoms with E-state index in [2.05, 4.69) is 35.2 Å². The van der Waals surface area contributed by atoms with Crippen molar-refractivity contribution in [3.63, 3.8) is 0 Å². The summed E-state index contributed by atoms with van der Waals surface area (Å²) in [6.07, 6.45) is 12.5. The summed E-state index contributed by atoms with van der Waals surface area (Å²) < 4.78 is 0. The molecule has 1 heterocycles. The Hall–Kier alpha value is -0.860. The second-order valence-corrected chi connectivity index (χ2v) is 7.30. The molecule has 22 heavy (non-hydrogen) atoms. The van der Waals surface area contributed by atoms with Crippen molar-refractivity contribution in [2.45, 2.75) is 69.9 Å². The van der Waals surface area contributed by atoms with Crippen LogP contribution in [0.5, 0.6) is 0 Å². The fourth-order valence-corrected chi connectivity index (χ4v) is 4.51. The van der Waals surface area contributed by atoms with Gasteiger partial charge in [-0.15, -0.1) is 0 Å². The Morgan fingerprint density at radius 1 is 0.955 bits per heavy atom. The monoisotopic (exact) mass is 300 g/mol. The van der Waals surface area contributed by atoms with Gasteiger partial charge in [-0.25, -0.2) is 0 Å². The normalized spacial score (nSPS) is 26.0. The number of hydrogen-bond acceptors (Lipinski definition) is 2. The summed E-state index contributed by atoms with van der Waals surface area (Å²) in [5, 5.41) is 0. The Balaban J connectivity index is 1.65. The maximum absolute atomic E-state index is 6.31. The number of benzene rings is 1. The predicted octanol–water partition coefficient (Wildman–Crippen LogP) is 4.51. The van der Waals surface area contributed by atoms with Crippen LogP contribution in [0.1, 0.15) is 69.3 Å². The second-order valence-electron chi connectivity index (χ2n) is 7.30. The van der Waals surface area contributed by atoms with Crippen LogP contribution in [-0.4, -0.2) is 24.2 Å². The van der Waals surface area contributed by atoms with Crippen LogP contribution >= 0.6 is 0 Å². The van der Waals surface area contributed by atoms with Gasteiger partial charge in [-0.2, -0.15) is 0 Å². The molecule has 0 spiro atoms. The van der Waals surface area contributed by atoms with Crippen molar-refractivity contribution in [2.75, 3.05) is 13.1 Å². The Labute approximate surface area is 136 Å². The molecule has 1 aromatic rings. The van der Waals surface area contributed by atoms with Gasteiger partial charge in [0.1, 0.15) is 0 Å². The molecule has 2 N–H and O–H groups in total. The van der Waals surface area contributed by atoms with Gasteiger partial charge in [-0.3, -0.25) is 4.90 Å². The molecule has 3 rings (SSSR count). The molecule has 2 aliphatic rings. The average molecular weight is 300 g/mol. The molecule has 1 saturated carbocycles. The van der Waals surface area contributed by atoms with Gasteiger partial charge in [0.25, 0.3) is 0 Å². The molecule has 2 fully saturated rings. The third-order valence-corrected chi connectivity index (χ3v) is 5.84. The van der Waals surface area contributed by atoms with E-state index < -0.39 is 0 Å². The zero-order valence-electron chi connectivity index (χ0n) is 13.9. The molecule has 0 amide bonds. The van der Waals surface area contributed by atoms with Crippen molar-refractivity contribution in [1.82, 2.24) is 4.90 Å². The first-order valence-corrected chi connectivity index (χ1v) is 9.39. The van der Waals surface area contributed by atoms with Crippen LogP contribution in [0.25, 0.3) is 0 Å². The molecule has 0 radical (unpaired) electrons. The van der Waals surface area contributed by atoms with Crippen molar-refractivity contribution in [3.05, 3.63) is 35.9 Å². The zero-order valence-corrected chi connectivity index (χ0v) is 13.9. The van der Waals surface area contributed by atoms with Gasteiger partial charge in [0.05, 0.1) is 6.17 Å². The summed E-state index contributed by atoms with van der Waals surface area (Å²) in [7, 11) is 0. The molecule has 0 bridgehead atoms.